The lowest BCUT2D eigenvalue weighted by molar-refractivity contribution is 0.102. The SMILES string of the molecule is CCCc1nc2ccc(F)cn2c1C(=O)Nc1ccccc1C(C)C. The van der Waals surface area contributed by atoms with Crippen LogP contribution in [0.3, 0.4) is 0 Å². The summed E-state index contributed by atoms with van der Waals surface area (Å²) in [6.07, 6.45) is 2.83. The number of nitrogens with one attached hydrogen (secondary N) is 1. The lowest BCUT2D eigenvalue weighted by atomic mass is 10.0. The molecule has 4 nitrogen and oxygen atoms in total. The Labute approximate surface area is 146 Å². The normalized spacial score (nSPS) is 11.2. The third kappa shape index (κ3) is 3.40. The average molecular weight is 339 g/mol. The summed E-state index contributed by atoms with van der Waals surface area (Å²) in [6.45, 7) is 6.19. The number of halogens is 1. The number of benzene rings is 1. The van der Waals surface area contributed by atoms with Gasteiger partial charge in [0.15, 0.2) is 0 Å². The Hall–Kier alpha value is -2.69. The van der Waals surface area contributed by atoms with E-state index in [-0.39, 0.29) is 11.8 Å². The molecule has 0 saturated carbocycles. The fourth-order valence-corrected chi connectivity index (χ4v) is 3.01. The van der Waals surface area contributed by atoms with Gasteiger partial charge in [-0.2, -0.15) is 0 Å². The standard InChI is InChI=1S/C20H22FN3O/c1-4-7-17-19(24-12-14(21)10-11-18(24)22-17)20(25)23-16-9-6-5-8-15(16)13(2)3/h5-6,8-13H,4,7H2,1-3H3,(H,23,25). The first-order valence-electron chi connectivity index (χ1n) is 8.58. The molecule has 1 amide bonds. The molecule has 1 aromatic carbocycles. The van der Waals surface area contributed by atoms with Gasteiger partial charge in [-0.3, -0.25) is 9.20 Å². The number of pyridine rings is 1. The molecule has 130 valence electrons. The summed E-state index contributed by atoms with van der Waals surface area (Å²) in [5.74, 6) is -0.384. The topological polar surface area (TPSA) is 46.4 Å². The minimum absolute atomic E-state index is 0.269. The predicted molar refractivity (Wildman–Crippen MR) is 97.6 cm³/mol. The number of anilines is 1. The van der Waals surface area contributed by atoms with Crippen molar-refractivity contribution in [2.24, 2.45) is 0 Å². The zero-order valence-corrected chi connectivity index (χ0v) is 14.7. The second-order valence-corrected chi connectivity index (χ2v) is 6.43. The van der Waals surface area contributed by atoms with Gasteiger partial charge in [0.05, 0.1) is 5.69 Å². The minimum Gasteiger partial charge on any atom is -0.320 e. The zero-order valence-electron chi connectivity index (χ0n) is 14.7. The van der Waals surface area contributed by atoms with Gasteiger partial charge in [0.2, 0.25) is 0 Å². The maximum atomic E-state index is 13.7. The number of amides is 1. The van der Waals surface area contributed by atoms with Crippen LogP contribution in [0.4, 0.5) is 10.1 Å². The Morgan fingerprint density at radius 1 is 1.24 bits per heavy atom. The maximum absolute atomic E-state index is 13.7. The number of imidazole rings is 1. The molecular weight excluding hydrogens is 317 g/mol. The molecule has 5 heteroatoms. The molecule has 0 radical (unpaired) electrons. The van der Waals surface area contributed by atoms with Crippen molar-refractivity contribution in [3.05, 3.63) is 65.4 Å². The molecule has 0 atom stereocenters. The molecule has 0 aliphatic carbocycles. The summed E-state index contributed by atoms with van der Waals surface area (Å²) in [5.41, 5.74) is 3.50. The van der Waals surface area contributed by atoms with Crippen molar-refractivity contribution >= 4 is 17.2 Å². The van der Waals surface area contributed by atoms with Crippen LogP contribution in [0.25, 0.3) is 5.65 Å². The van der Waals surface area contributed by atoms with Gasteiger partial charge in [-0.05, 0) is 36.1 Å². The molecule has 1 N–H and O–H groups in total. The van der Waals surface area contributed by atoms with Gasteiger partial charge in [-0.1, -0.05) is 45.4 Å². The highest BCUT2D eigenvalue weighted by molar-refractivity contribution is 6.05. The van der Waals surface area contributed by atoms with Crippen molar-refractivity contribution in [1.82, 2.24) is 9.38 Å². The van der Waals surface area contributed by atoms with E-state index in [4.69, 9.17) is 0 Å². The molecule has 25 heavy (non-hydrogen) atoms. The maximum Gasteiger partial charge on any atom is 0.274 e. The van der Waals surface area contributed by atoms with Crippen molar-refractivity contribution in [3.63, 3.8) is 0 Å². The summed E-state index contributed by atoms with van der Waals surface area (Å²) in [7, 11) is 0. The second kappa shape index (κ2) is 7.05. The van der Waals surface area contributed by atoms with Gasteiger partial charge in [-0.25, -0.2) is 9.37 Å². The summed E-state index contributed by atoms with van der Waals surface area (Å²) in [5, 5.41) is 2.98. The third-order valence-electron chi connectivity index (χ3n) is 4.19. The van der Waals surface area contributed by atoms with Crippen molar-refractivity contribution in [2.45, 2.75) is 39.5 Å². The van der Waals surface area contributed by atoms with Crippen LogP contribution in [-0.2, 0) is 6.42 Å². The third-order valence-corrected chi connectivity index (χ3v) is 4.19. The van der Waals surface area contributed by atoms with Crippen molar-refractivity contribution in [1.29, 1.82) is 0 Å². The molecule has 3 aromatic rings. The highest BCUT2D eigenvalue weighted by atomic mass is 19.1. The Bertz CT molecular complexity index is 914. The van der Waals surface area contributed by atoms with Crippen LogP contribution in [0.2, 0.25) is 0 Å². The Kier molecular flexibility index (Phi) is 4.83. The highest BCUT2D eigenvalue weighted by Crippen LogP contribution is 2.25. The second-order valence-electron chi connectivity index (χ2n) is 6.43. The average Bonchev–Trinajstić information content (AvgIpc) is 2.92. The first-order valence-corrected chi connectivity index (χ1v) is 8.58. The first kappa shape index (κ1) is 17.1. The number of carbonyl (C=O) groups is 1. The number of para-hydroxylation sites is 1. The van der Waals surface area contributed by atoms with E-state index in [0.29, 0.717) is 23.5 Å². The molecule has 0 fully saturated rings. The van der Waals surface area contributed by atoms with Crippen molar-refractivity contribution < 1.29 is 9.18 Å². The molecule has 0 aliphatic rings. The van der Waals surface area contributed by atoms with Crippen LogP contribution < -0.4 is 5.32 Å². The number of aromatic nitrogens is 2. The predicted octanol–water partition coefficient (Wildman–Crippen LogP) is 4.80. The van der Waals surface area contributed by atoms with Crippen LogP contribution in [0, 0.1) is 5.82 Å². The molecule has 0 spiro atoms. The fraction of sp³-hybridized carbons (Fsp3) is 0.300. The molecule has 0 aliphatic heterocycles. The zero-order chi connectivity index (χ0) is 18.0. The Morgan fingerprint density at radius 2 is 2.00 bits per heavy atom. The van der Waals surface area contributed by atoms with E-state index in [9.17, 15) is 9.18 Å². The van der Waals surface area contributed by atoms with Crippen LogP contribution in [0.15, 0.2) is 42.6 Å². The summed E-state index contributed by atoms with van der Waals surface area (Å²) in [4.78, 5) is 17.5. The van der Waals surface area contributed by atoms with Crippen LogP contribution in [0.5, 0.6) is 0 Å². The first-order chi connectivity index (χ1) is 12.0. The van der Waals surface area contributed by atoms with E-state index in [0.717, 1.165) is 17.7 Å². The number of fused-ring (bicyclic) bond motifs is 1. The van der Waals surface area contributed by atoms with E-state index in [2.05, 4.69) is 24.1 Å². The van der Waals surface area contributed by atoms with Crippen LogP contribution >= 0.6 is 0 Å². The molecule has 2 aromatic heterocycles. The quantitative estimate of drug-likeness (QED) is 0.725. The number of aryl methyl sites for hydroxylation is 1. The molecule has 2 heterocycles. The minimum atomic E-state index is -0.399. The number of hydrogen-bond acceptors (Lipinski definition) is 2. The molecular formula is C20H22FN3O. The number of rotatable bonds is 5. The van der Waals surface area contributed by atoms with Gasteiger partial charge in [0.1, 0.15) is 17.2 Å². The van der Waals surface area contributed by atoms with Crippen LogP contribution in [0.1, 0.15) is 54.9 Å². The summed E-state index contributed by atoms with van der Waals surface area (Å²) in [6, 6.07) is 10.7. The largest absolute Gasteiger partial charge is 0.320 e. The summed E-state index contributed by atoms with van der Waals surface area (Å²) < 4.78 is 15.2. The van der Waals surface area contributed by atoms with E-state index >= 15 is 0 Å². The lowest BCUT2D eigenvalue weighted by Gasteiger charge is -2.14. The number of hydrogen-bond donors (Lipinski definition) is 1. The monoisotopic (exact) mass is 339 g/mol. The van der Waals surface area contributed by atoms with Gasteiger partial charge < -0.3 is 5.32 Å². The van der Waals surface area contributed by atoms with E-state index < -0.39 is 5.82 Å². The smallest absolute Gasteiger partial charge is 0.274 e. The molecule has 3 rings (SSSR count). The van der Waals surface area contributed by atoms with Crippen molar-refractivity contribution in [3.8, 4) is 0 Å². The van der Waals surface area contributed by atoms with Gasteiger partial charge >= 0.3 is 0 Å². The van der Waals surface area contributed by atoms with Gasteiger partial charge in [0, 0.05) is 11.9 Å². The number of carbonyl (C=O) groups excluding carboxylic acids is 1. The Morgan fingerprint density at radius 3 is 2.72 bits per heavy atom. The van der Waals surface area contributed by atoms with Gasteiger partial charge in [-0.15, -0.1) is 0 Å². The summed E-state index contributed by atoms with van der Waals surface area (Å²) >= 11 is 0. The molecule has 0 saturated heterocycles. The molecule has 0 bridgehead atoms. The highest BCUT2D eigenvalue weighted by Gasteiger charge is 2.20. The van der Waals surface area contributed by atoms with Gasteiger partial charge in [0.25, 0.3) is 5.91 Å². The number of nitrogens with zero attached hydrogens (tertiary/aromatic N) is 2. The Balaban J connectivity index is 2.05. The fourth-order valence-electron chi connectivity index (χ4n) is 3.01. The molecule has 0 unspecified atom stereocenters. The van der Waals surface area contributed by atoms with E-state index in [1.807, 2.05) is 31.2 Å². The lowest BCUT2D eigenvalue weighted by Crippen LogP contribution is -2.17. The van der Waals surface area contributed by atoms with Crippen LogP contribution in [-0.4, -0.2) is 15.3 Å². The van der Waals surface area contributed by atoms with Crippen molar-refractivity contribution in [2.75, 3.05) is 5.32 Å². The van der Waals surface area contributed by atoms with E-state index in [1.165, 1.54) is 16.7 Å². The van der Waals surface area contributed by atoms with E-state index in [1.54, 1.807) is 6.07 Å².